The number of aromatic nitrogens is 1. The van der Waals surface area contributed by atoms with Gasteiger partial charge < -0.3 is 14.7 Å². The van der Waals surface area contributed by atoms with Crippen molar-refractivity contribution >= 4 is 22.4 Å². The van der Waals surface area contributed by atoms with E-state index >= 15 is 0 Å². The van der Waals surface area contributed by atoms with Gasteiger partial charge in [-0.1, -0.05) is 0 Å². The van der Waals surface area contributed by atoms with Crippen LogP contribution in [0.1, 0.15) is 42.2 Å². The van der Waals surface area contributed by atoms with E-state index < -0.39 is 11.9 Å². The molecular weight excluding hydrogens is 288 g/mol. The maximum Gasteiger partial charge on any atom is 0.312 e. The number of nitrogens with zero attached hydrogens (tertiary/aromatic N) is 2. The van der Waals surface area contributed by atoms with Gasteiger partial charge in [0, 0.05) is 31.7 Å². The lowest BCUT2D eigenvalue weighted by atomic mass is 9.91. The zero-order valence-electron chi connectivity index (χ0n) is 12.4. The summed E-state index contributed by atoms with van der Waals surface area (Å²) >= 11 is 1.67. The van der Waals surface area contributed by atoms with Gasteiger partial charge in [0.25, 0.3) is 0 Å². The van der Waals surface area contributed by atoms with Crippen LogP contribution in [0.2, 0.25) is 0 Å². The van der Waals surface area contributed by atoms with E-state index in [0.29, 0.717) is 5.92 Å². The molecule has 6 heteroatoms. The van der Waals surface area contributed by atoms with Crippen LogP contribution in [0.4, 0.5) is 5.13 Å². The van der Waals surface area contributed by atoms with E-state index in [2.05, 4.69) is 16.9 Å². The summed E-state index contributed by atoms with van der Waals surface area (Å²) in [5, 5.41) is 10.3. The second-order valence-electron chi connectivity index (χ2n) is 6.02. The molecule has 1 aromatic heterocycles. The van der Waals surface area contributed by atoms with Crippen LogP contribution in [-0.2, 0) is 16.0 Å². The lowest BCUT2D eigenvalue weighted by molar-refractivity contribution is -0.139. The van der Waals surface area contributed by atoms with E-state index in [0.717, 1.165) is 62.7 Å². The minimum atomic E-state index is -0.736. The molecular formula is C15H22N2O3S. The minimum Gasteiger partial charge on any atom is -0.481 e. The molecule has 1 aromatic rings. The molecule has 1 fully saturated rings. The summed E-state index contributed by atoms with van der Waals surface area (Å²) in [5.74, 6) is -0.491. The summed E-state index contributed by atoms with van der Waals surface area (Å²) in [6.07, 6.45) is 4.85. The molecule has 2 aliphatic rings. The Morgan fingerprint density at radius 1 is 1.43 bits per heavy atom. The number of rotatable bonds is 4. The minimum absolute atomic E-state index is 0.407. The first kappa shape index (κ1) is 14.8. The number of aryl methyl sites for hydroxylation is 1. The molecule has 1 saturated heterocycles. The van der Waals surface area contributed by atoms with Crippen LogP contribution in [0, 0.1) is 5.92 Å². The summed E-state index contributed by atoms with van der Waals surface area (Å²) < 4.78 is 5.40. The van der Waals surface area contributed by atoms with Crippen molar-refractivity contribution in [2.24, 2.45) is 5.92 Å². The van der Waals surface area contributed by atoms with Gasteiger partial charge in [-0.2, -0.15) is 0 Å². The summed E-state index contributed by atoms with van der Waals surface area (Å²) in [5.41, 5.74) is 0.813. The lowest BCUT2D eigenvalue weighted by Gasteiger charge is -2.26. The third-order valence-corrected chi connectivity index (χ3v) is 5.69. The van der Waals surface area contributed by atoms with Crippen molar-refractivity contribution in [1.29, 1.82) is 0 Å². The third-order valence-electron chi connectivity index (χ3n) is 4.44. The van der Waals surface area contributed by atoms with E-state index in [-0.39, 0.29) is 0 Å². The van der Waals surface area contributed by atoms with Gasteiger partial charge in [-0.05, 0) is 38.0 Å². The monoisotopic (exact) mass is 310 g/mol. The smallest absolute Gasteiger partial charge is 0.312 e. The number of aliphatic carboxylic acids is 1. The number of anilines is 1. The van der Waals surface area contributed by atoms with Crippen LogP contribution in [0.3, 0.4) is 0 Å². The topological polar surface area (TPSA) is 62.7 Å². The number of carboxylic acids is 1. The molecule has 5 nitrogen and oxygen atoms in total. The Hall–Kier alpha value is -1.14. The molecule has 1 N–H and O–H groups in total. The Bertz CT molecular complexity index is 511. The van der Waals surface area contributed by atoms with Gasteiger partial charge in [0.1, 0.15) is 5.92 Å². The fourth-order valence-electron chi connectivity index (χ4n) is 3.20. The van der Waals surface area contributed by atoms with E-state index in [1.807, 2.05) is 0 Å². The zero-order valence-corrected chi connectivity index (χ0v) is 13.2. The molecule has 3 rings (SSSR count). The highest BCUT2D eigenvalue weighted by Gasteiger charge is 2.30. The number of carboxylic acid groups (broad SMARTS) is 1. The summed E-state index contributed by atoms with van der Waals surface area (Å²) in [6.45, 7) is 2.69. The SMILES string of the molecule is CN(CC1CCOCC1)c1nc2c(s1)CCCC2C(=O)O. The van der Waals surface area contributed by atoms with E-state index in [9.17, 15) is 9.90 Å². The molecule has 116 valence electrons. The standard InChI is InChI=1S/C15H22N2O3S/c1-17(9-10-5-7-20-8-6-10)15-16-13-11(14(18)19)3-2-4-12(13)21-15/h10-11H,2-9H2,1H3,(H,18,19). The molecule has 1 aliphatic carbocycles. The van der Waals surface area contributed by atoms with Gasteiger partial charge in [-0.3, -0.25) is 4.79 Å². The van der Waals surface area contributed by atoms with Gasteiger partial charge in [0.15, 0.2) is 5.13 Å². The van der Waals surface area contributed by atoms with E-state index in [1.165, 1.54) is 4.88 Å². The highest BCUT2D eigenvalue weighted by atomic mass is 32.1. The fourth-order valence-corrected chi connectivity index (χ4v) is 4.34. The molecule has 0 amide bonds. The van der Waals surface area contributed by atoms with E-state index in [4.69, 9.17) is 4.74 Å². The number of thiazole rings is 1. The van der Waals surface area contributed by atoms with Crippen LogP contribution in [-0.4, -0.2) is 42.9 Å². The summed E-state index contributed by atoms with van der Waals surface area (Å²) in [7, 11) is 2.07. The van der Waals surface area contributed by atoms with Crippen molar-refractivity contribution in [3.8, 4) is 0 Å². The Morgan fingerprint density at radius 3 is 2.90 bits per heavy atom. The summed E-state index contributed by atoms with van der Waals surface area (Å²) in [4.78, 5) is 19.4. The van der Waals surface area contributed by atoms with Crippen molar-refractivity contribution < 1.29 is 14.6 Å². The first-order valence-electron chi connectivity index (χ1n) is 7.66. The second kappa shape index (κ2) is 6.32. The Balaban J connectivity index is 1.72. The number of hydrogen-bond acceptors (Lipinski definition) is 5. The highest BCUT2D eigenvalue weighted by molar-refractivity contribution is 7.15. The van der Waals surface area contributed by atoms with Gasteiger partial charge in [0.2, 0.25) is 0 Å². The Morgan fingerprint density at radius 2 is 2.19 bits per heavy atom. The molecule has 1 atom stereocenters. The largest absolute Gasteiger partial charge is 0.481 e. The molecule has 0 spiro atoms. The van der Waals surface area contributed by atoms with Crippen LogP contribution in [0.25, 0.3) is 0 Å². The van der Waals surface area contributed by atoms with Crippen molar-refractivity contribution in [3.63, 3.8) is 0 Å². The van der Waals surface area contributed by atoms with E-state index in [1.54, 1.807) is 11.3 Å². The van der Waals surface area contributed by atoms with Gasteiger partial charge >= 0.3 is 5.97 Å². The fraction of sp³-hybridized carbons (Fsp3) is 0.733. The number of carbonyl (C=O) groups is 1. The molecule has 2 heterocycles. The molecule has 1 aliphatic heterocycles. The predicted octanol–water partition coefficient (Wildman–Crippen LogP) is 2.51. The third kappa shape index (κ3) is 3.21. The molecule has 1 unspecified atom stereocenters. The maximum atomic E-state index is 11.4. The Labute approximate surface area is 128 Å². The van der Waals surface area contributed by atoms with Crippen LogP contribution >= 0.6 is 11.3 Å². The van der Waals surface area contributed by atoms with Gasteiger partial charge in [-0.15, -0.1) is 11.3 Å². The molecule has 0 bridgehead atoms. The highest BCUT2D eigenvalue weighted by Crippen LogP contribution is 2.38. The normalized spacial score (nSPS) is 22.8. The van der Waals surface area contributed by atoms with Crippen molar-refractivity contribution in [3.05, 3.63) is 10.6 Å². The summed E-state index contributed by atoms with van der Waals surface area (Å²) in [6, 6.07) is 0. The van der Waals surface area contributed by atoms with Crippen LogP contribution in [0.5, 0.6) is 0 Å². The molecule has 21 heavy (non-hydrogen) atoms. The quantitative estimate of drug-likeness (QED) is 0.926. The number of fused-ring (bicyclic) bond motifs is 1. The zero-order chi connectivity index (χ0) is 14.8. The van der Waals surface area contributed by atoms with Crippen LogP contribution < -0.4 is 4.90 Å². The van der Waals surface area contributed by atoms with Crippen molar-refractivity contribution in [2.75, 3.05) is 31.7 Å². The predicted molar refractivity (Wildman–Crippen MR) is 82.2 cm³/mol. The molecule has 0 aromatic carbocycles. The van der Waals surface area contributed by atoms with Gasteiger partial charge in [-0.25, -0.2) is 4.98 Å². The molecule has 0 saturated carbocycles. The first-order chi connectivity index (χ1) is 10.1. The maximum absolute atomic E-state index is 11.4. The van der Waals surface area contributed by atoms with Crippen molar-refractivity contribution in [2.45, 2.75) is 38.0 Å². The average Bonchev–Trinajstić information content (AvgIpc) is 2.92. The number of hydrogen-bond donors (Lipinski definition) is 1. The van der Waals surface area contributed by atoms with Crippen molar-refractivity contribution in [1.82, 2.24) is 4.98 Å². The molecule has 0 radical (unpaired) electrons. The van der Waals surface area contributed by atoms with Crippen LogP contribution in [0.15, 0.2) is 0 Å². The number of ether oxygens (including phenoxy) is 1. The van der Waals surface area contributed by atoms with Gasteiger partial charge in [0.05, 0.1) is 5.69 Å². The first-order valence-corrected chi connectivity index (χ1v) is 8.48. The second-order valence-corrected chi connectivity index (χ2v) is 7.09. The Kier molecular flexibility index (Phi) is 4.45. The average molecular weight is 310 g/mol. The lowest BCUT2D eigenvalue weighted by Crippen LogP contribution is -2.29.